The van der Waals surface area contributed by atoms with Crippen LogP contribution in [0.2, 0.25) is 5.02 Å². The summed E-state index contributed by atoms with van der Waals surface area (Å²) in [6.07, 6.45) is 1.08. The fourth-order valence-electron chi connectivity index (χ4n) is 3.25. The van der Waals surface area contributed by atoms with Crippen molar-refractivity contribution in [1.29, 1.82) is 0 Å². The van der Waals surface area contributed by atoms with Crippen LogP contribution >= 0.6 is 11.6 Å². The van der Waals surface area contributed by atoms with Crippen LogP contribution in [0.3, 0.4) is 0 Å². The quantitative estimate of drug-likeness (QED) is 0.843. The maximum absolute atomic E-state index is 12.5. The third-order valence-electron chi connectivity index (χ3n) is 5.01. The highest BCUT2D eigenvalue weighted by Crippen LogP contribution is 2.15. The SMILES string of the molecule is CC(C(=O)Nc1ccc(Cl)cc1)N1CCN(CCc2ccccc2)CC1. The Morgan fingerprint density at radius 3 is 2.35 bits per heavy atom. The van der Waals surface area contributed by atoms with Crippen molar-refractivity contribution in [3.8, 4) is 0 Å². The monoisotopic (exact) mass is 371 g/mol. The molecule has 138 valence electrons. The molecule has 0 aromatic heterocycles. The molecule has 1 aliphatic rings. The van der Waals surface area contributed by atoms with Crippen molar-refractivity contribution in [2.45, 2.75) is 19.4 Å². The number of benzene rings is 2. The molecular weight excluding hydrogens is 346 g/mol. The molecule has 1 amide bonds. The van der Waals surface area contributed by atoms with Gasteiger partial charge in [-0.1, -0.05) is 41.9 Å². The zero-order chi connectivity index (χ0) is 18.4. The standard InChI is InChI=1S/C21H26ClN3O/c1-17(21(26)23-20-9-7-19(22)8-10-20)25-15-13-24(14-16-25)12-11-18-5-3-2-4-6-18/h2-10,17H,11-16H2,1H3,(H,23,26). The molecule has 5 heteroatoms. The van der Waals surface area contributed by atoms with Gasteiger partial charge in [-0.3, -0.25) is 9.69 Å². The molecule has 2 aromatic rings. The molecule has 0 bridgehead atoms. The first-order valence-corrected chi connectivity index (χ1v) is 9.56. The predicted octanol–water partition coefficient (Wildman–Crippen LogP) is 3.53. The van der Waals surface area contributed by atoms with Gasteiger partial charge in [0, 0.05) is 43.4 Å². The van der Waals surface area contributed by atoms with Crippen LogP contribution in [0, 0.1) is 0 Å². The fraction of sp³-hybridized carbons (Fsp3) is 0.381. The summed E-state index contributed by atoms with van der Waals surface area (Å²) >= 11 is 5.89. The van der Waals surface area contributed by atoms with E-state index in [9.17, 15) is 4.79 Å². The predicted molar refractivity (Wildman–Crippen MR) is 108 cm³/mol. The van der Waals surface area contributed by atoms with E-state index in [2.05, 4.69) is 45.4 Å². The summed E-state index contributed by atoms with van der Waals surface area (Å²) in [7, 11) is 0. The van der Waals surface area contributed by atoms with E-state index in [1.54, 1.807) is 12.1 Å². The molecule has 1 N–H and O–H groups in total. The van der Waals surface area contributed by atoms with Crippen LogP contribution in [0.5, 0.6) is 0 Å². The van der Waals surface area contributed by atoms with E-state index < -0.39 is 0 Å². The Kier molecular flexibility index (Phi) is 6.67. The minimum Gasteiger partial charge on any atom is -0.325 e. The van der Waals surface area contributed by atoms with E-state index >= 15 is 0 Å². The number of carbonyl (C=O) groups is 1. The molecule has 0 radical (unpaired) electrons. The van der Waals surface area contributed by atoms with E-state index in [0.29, 0.717) is 5.02 Å². The van der Waals surface area contributed by atoms with E-state index in [-0.39, 0.29) is 11.9 Å². The lowest BCUT2D eigenvalue weighted by atomic mass is 10.1. The lowest BCUT2D eigenvalue weighted by molar-refractivity contribution is -0.121. The normalized spacial score (nSPS) is 17.0. The topological polar surface area (TPSA) is 35.6 Å². The van der Waals surface area contributed by atoms with E-state index in [4.69, 9.17) is 11.6 Å². The minimum absolute atomic E-state index is 0.0325. The summed E-state index contributed by atoms with van der Waals surface area (Å²) in [5.41, 5.74) is 2.17. The second kappa shape index (κ2) is 9.17. The second-order valence-electron chi connectivity index (χ2n) is 6.79. The van der Waals surface area contributed by atoms with Crippen molar-refractivity contribution >= 4 is 23.2 Å². The number of nitrogens with one attached hydrogen (secondary N) is 1. The first kappa shape index (κ1) is 18.9. The Bertz CT molecular complexity index is 697. The molecule has 0 saturated carbocycles. The summed E-state index contributed by atoms with van der Waals surface area (Å²) in [5, 5.41) is 3.64. The van der Waals surface area contributed by atoms with E-state index in [1.165, 1.54) is 5.56 Å². The van der Waals surface area contributed by atoms with Gasteiger partial charge >= 0.3 is 0 Å². The highest BCUT2D eigenvalue weighted by Gasteiger charge is 2.25. The fourth-order valence-corrected chi connectivity index (χ4v) is 3.38. The van der Waals surface area contributed by atoms with Gasteiger partial charge in [-0.05, 0) is 43.2 Å². The summed E-state index contributed by atoms with van der Waals surface area (Å²) in [6.45, 7) is 6.90. The van der Waals surface area contributed by atoms with Crippen LogP contribution in [0.25, 0.3) is 0 Å². The van der Waals surface area contributed by atoms with Crippen molar-refractivity contribution < 1.29 is 4.79 Å². The first-order valence-electron chi connectivity index (χ1n) is 9.18. The van der Waals surface area contributed by atoms with Crippen molar-refractivity contribution in [1.82, 2.24) is 9.80 Å². The van der Waals surface area contributed by atoms with Gasteiger partial charge in [0.05, 0.1) is 6.04 Å². The maximum Gasteiger partial charge on any atom is 0.241 e. The lowest BCUT2D eigenvalue weighted by Crippen LogP contribution is -2.53. The summed E-state index contributed by atoms with van der Waals surface area (Å²) in [5.74, 6) is 0.0325. The smallest absolute Gasteiger partial charge is 0.241 e. The average Bonchev–Trinajstić information content (AvgIpc) is 2.69. The zero-order valence-electron chi connectivity index (χ0n) is 15.2. The minimum atomic E-state index is -0.137. The number of hydrogen-bond acceptors (Lipinski definition) is 3. The van der Waals surface area contributed by atoms with Crippen LogP contribution in [-0.2, 0) is 11.2 Å². The summed E-state index contributed by atoms with van der Waals surface area (Å²) in [4.78, 5) is 17.2. The third-order valence-corrected chi connectivity index (χ3v) is 5.26. The van der Waals surface area contributed by atoms with Gasteiger partial charge in [0.2, 0.25) is 5.91 Å². The van der Waals surface area contributed by atoms with Crippen LogP contribution in [-0.4, -0.2) is 54.5 Å². The average molecular weight is 372 g/mol. The van der Waals surface area contributed by atoms with Crippen LogP contribution in [0.4, 0.5) is 5.69 Å². The zero-order valence-corrected chi connectivity index (χ0v) is 16.0. The van der Waals surface area contributed by atoms with Gasteiger partial charge in [-0.15, -0.1) is 0 Å². The van der Waals surface area contributed by atoms with Crippen molar-refractivity contribution in [3.05, 3.63) is 65.2 Å². The molecular formula is C21H26ClN3O. The molecule has 3 rings (SSSR count). The summed E-state index contributed by atoms with van der Waals surface area (Å²) in [6, 6.07) is 17.7. The van der Waals surface area contributed by atoms with E-state index in [1.807, 2.05) is 19.1 Å². The largest absolute Gasteiger partial charge is 0.325 e. The van der Waals surface area contributed by atoms with Crippen LogP contribution < -0.4 is 5.32 Å². The van der Waals surface area contributed by atoms with Gasteiger partial charge in [-0.25, -0.2) is 0 Å². The molecule has 2 aromatic carbocycles. The number of carbonyl (C=O) groups excluding carboxylic acids is 1. The number of anilines is 1. The Hall–Kier alpha value is -1.88. The number of amides is 1. The Labute approximate surface area is 160 Å². The van der Waals surface area contributed by atoms with Crippen LogP contribution in [0.15, 0.2) is 54.6 Å². The van der Waals surface area contributed by atoms with Crippen molar-refractivity contribution in [2.24, 2.45) is 0 Å². The van der Waals surface area contributed by atoms with Gasteiger partial charge in [0.15, 0.2) is 0 Å². The first-order chi connectivity index (χ1) is 12.6. The number of piperazine rings is 1. The molecule has 0 spiro atoms. The molecule has 1 saturated heterocycles. The molecule has 26 heavy (non-hydrogen) atoms. The van der Waals surface area contributed by atoms with Gasteiger partial charge < -0.3 is 10.2 Å². The Morgan fingerprint density at radius 2 is 1.69 bits per heavy atom. The Balaban J connectivity index is 1.43. The molecule has 0 aliphatic carbocycles. The molecule has 1 fully saturated rings. The van der Waals surface area contributed by atoms with Gasteiger partial charge in [-0.2, -0.15) is 0 Å². The molecule has 1 atom stereocenters. The van der Waals surface area contributed by atoms with Gasteiger partial charge in [0.25, 0.3) is 0 Å². The van der Waals surface area contributed by atoms with Crippen LogP contribution in [0.1, 0.15) is 12.5 Å². The molecule has 1 unspecified atom stereocenters. The highest BCUT2D eigenvalue weighted by molar-refractivity contribution is 6.30. The number of hydrogen-bond donors (Lipinski definition) is 1. The number of halogens is 1. The highest BCUT2D eigenvalue weighted by atomic mass is 35.5. The van der Waals surface area contributed by atoms with Crippen molar-refractivity contribution in [2.75, 3.05) is 38.0 Å². The molecule has 1 aliphatic heterocycles. The number of rotatable bonds is 6. The Morgan fingerprint density at radius 1 is 1.04 bits per heavy atom. The lowest BCUT2D eigenvalue weighted by Gasteiger charge is -2.37. The summed E-state index contributed by atoms with van der Waals surface area (Å²) < 4.78 is 0. The third kappa shape index (κ3) is 5.31. The van der Waals surface area contributed by atoms with Crippen molar-refractivity contribution in [3.63, 3.8) is 0 Å². The number of nitrogens with zero attached hydrogens (tertiary/aromatic N) is 2. The molecule has 4 nitrogen and oxygen atoms in total. The van der Waals surface area contributed by atoms with E-state index in [0.717, 1.165) is 44.8 Å². The maximum atomic E-state index is 12.5. The second-order valence-corrected chi connectivity index (χ2v) is 7.22. The van der Waals surface area contributed by atoms with Gasteiger partial charge in [0.1, 0.15) is 0 Å². The molecule has 1 heterocycles.